The molecule has 0 amide bonds. The van der Waals surface area contributed by atoms with Crippen LogP contribution in [0.5, 0.6) is 0 Å². The summed E-state index contributed by atoms with van der Waals surface area (Å²) < 4.78 is 6.28. The van der Waals surface area contributed by atoms with E-state index in [0.29, 0.717) is 24.2 Å². The summed E-state index contributed by atoms with van der Waals surface area (Å²) in [7, 11) is 1.92. The van der Waals surface area contributed by atoms with Crippen LogP contribution < -0.4 is 0 Å². The van der Waals surface area contributed by atoms with Gasteiger partial charge in [-0.1, -0.05) is 64.7 Å². The van der Waals surface area contributed by atoms with Crippen LogP contribution in [0.1, 0.15) is 78.1 Å². The average Bonchev–Trinajstić information content (AvgIpc) is 2.56. The number of aliphatic hydroxyl groups excluding tert-OH is 3. The number of nitrogens with zero attached hydrogens (tertiary/aromatic N) is 1. The molecule has 0 aliphatic rings. The van der Waals surface area contributed by atoms with Crippen LogP contribution >= 0.6 is 0 Å². The summed E-state index contributed by atoms with van der Waals surface area (Å²) in [5.74, 6) is 0. The molecule has 0 bridgehead atoms. The third-order valence-corrected chi connectivity index (χ3v) is 5.04. The number of hydrogen-bond donors (Lipinski definition) is 3. The van der Waals surface area contributed by atoms with Gasteiger partial charge in [-0.2, -0.15) is 0 Å². The highest BCUT2D eigenvalue weighted by atomic mass is 16.5. The number of hydrogen-bond acceptors (Lipinski definition) is 4. The molecule has 0 fully saturated rings. The van der Waals surface area contributed by atoms with Gasteiger partial charge >= 0.3 is 0 Å². The van der Waals surface area contributed by atoms with Crippen molar-refractivity contribution in [2.24, 2.45) is 0 Å². The lowest BCUT2D eigenvalue weighted by Gasteiger charge is -2.41. The van der Waals surface area contributed by atoms with E-state index in [1.807, 2.05) is 7.05 Å². The molecule has 5 nitrogen and oxygen atoms in total. The van der Waals surface area contributed by atoms with Crippen molar-refractivity contribution in [2.45, 2.75) is 90.4 Å². The Hall–Kier alpha value is -0.200. The molecular formula is C20H44NO4+. The second kappa shape index (κ2) is 16.0. The Bertz CT molecular complexity index is 281. The summed E-state index contributed by atoms with van der Waals surface area (Å²) in [6.45, 7) is 5.55. The fourth-order valence-corrected chi connectivity index (χ4v) is 3.46. The van der Waals surface area contributed by atoms with Gasteiger partial charge in [-0.25, -0.2) is 0 Å². The number of ether oxygens (including phenoxy) is 1. The third-order valence-electron chi connectivity index (χ3n) is 5.04. The Balaban J connectivity index is 3.90. The van der Waals surface area contributed by atoms with E-state index < -0.39 is 12.3 Å². The van der Waals surface area contributed by atoms with E-state index in [4.69, 9.17) is 4.74 Å². The lowest BCUT2D eigenvalue weighted by molar-refractivity contribution is -0.958. The molecule has 5 heteroatoms. The molecule has 0 aliphatic carbocycles. The average molecular weight is 363 g/mol. The highest BCUT2D eigenvalue weighted by Gasteiger charge is 2.36. The van der Waals surface area contributed by atoms with E-state index in [1.54, 1.807) is 6.92 Å². The molecule has 0 aliphatic heterocycles. The van der Waals surface area contributed by atoms with E-state index in [0.717, 1.165) is 12.8 Å². The summed E-state index contributed by atoms with van der Waals surface area (Å²) in [6.07, 6.45) is 11.8. The van der Waals surface area contributed by atoms with Crippen LogP contribution in [0.3, 0.4) is 0 Å². The predicted molar refractivity (Wildman–Crippen MR) is 103 cm³/mol. The summed E-state index contributed by atoms with van der Waals surface area (Å²) in [5.41, 5.74) is 0. The molecule has 25 heavy (non-hydrogen) atoms. The van der Waals surface area contributed by atoms with Crippen molar-refractivity contribution >= 4 is 0 Å². The van der Waals surface area contributed by atoms with Crippen molar-refractivity contribution in [2.75, 3.05) is 40.0 Å². The van der Waals surface area contributed by atoms with Crippen molar-refractivity contribution in [1.29, 1.82) is 0 Å². The standard InChI is InChI=1S/C20H44NO4/c1-4-5-6-7-8-9-10-11-12-13-18-25-20(19(2)24)21(3,14-16-22)15-17-23/h19-20,22-24H,4-18H2,1-3H3/q+1. The topological polar surface area (TPSA) is 69.9 Å². The minimum atomic E-state index is -0.633. The van der Waals surface area contributed by atoms with Gasteiger partial charge in [-0.15, -0.1) is 0 Å². The van der Waals surface area contributed by atoms with Gasteiger partial charge in [0, 0.05) is 0 Å². The number of likely N-dealkylation sites (N-methyl/N-ethyl adjacent to an activating group) is 1. The lowest BCUT2D eigenvalue weighted by Crippen LogP contribution is -2.60. The molecule has 2 atom stereocenters. The van der Waals surface area contributed by atoms with E-state index in [9.17, 15) is 15.3 Å². The lowest BCUT2D eigenvalue weighted by atomic mass is 10.1. The second-order valence-electron chi connectivity index (χ2n) is 7.56. The molecule has 0 saturated carbocycles. The first-order chi connectivity index (χ1) is 12.0. The molecule has 0 radical (unpaired) electrons. The number of unbranched alkanes of at least 4 members (excludes halogenated alkanes) is 9. The third kappa shape index (κ3) is 11.9. The molecule has 0 aromatic heterocycles. The van der Waals surface area contributed by atoms with Crippen LogP contribution in [0, 0.1) is 0 Å². The zero-order valence-corrected chi connectivity index (χ0v) is 17.0. The Morgan fingerprint density at radius 1 is 0.800 bits per heavy atom. The molecular weight excluding hydrogens is 318 g/mol. The van der Waals surface area contributed by atoms with Gasteiger partial charge in [-0.3, -0.25) is 4.48 Å². The minimum absolute atomic E-state index is 0.0152. The first-order valence-corrected chi connectivity index (χ1v) is 10.4. The Morgan fingerprint density at radius 2 is 1.24 bits per heavy atom. The van der Waals surface area contributed by atoms with Crippen molar-refractivity contribution in [3.8, 4) is 0 Å². The normalized spacial score (nSPS) is 14.6. The summed E-state index contributed by atoms with van der Waals surface area (Å²) in [4.78, 5) is 0. The van der Waals surface area contributed by atoms with E-state index in [2.05, 4.69) is 6.92 Å². The van der Waals surface area contributed by atoms with Gasteiger partial charge in [0.1, 0.15) is 19.2 Å². The quantitative estimate of drug-likeness (QED) is 0.199. The SMILES string of the molecule is CCCCCCCCCCCCOC(C(C)O)[N+](C)(CCO)CCO. The van der Waals surface area contributed by atoms with E-state index >= 15 is 0 Å². The zero-order valence-electron chi connectivity index (χ0n) is 17.0. The molecule has 0 rings (SSSR count). The van der Waals surface area contributed by atoms with Crippen molar-refractivity contribution in [3.63, 3.8) is 0 Å². The van der Waals surface area contributed by atoms with Crippen molar-refractivity contribution < 1.29 is 24.5 Å². The van der Waals surface area contributed by atoms with Gasteiger partial charge in [0.25, 0.3) is 0 Å². The first kappa shape index (κ1) is 24.8. The van der Waals surface area contributed by atoms with Gasteiger partial charge in [-0.05, 0) is 13.3 Å². The molecule has 0 heterocycles. The fraction of sp³-hybridized carbons (Fsp3) is 1.00. The van der Waals surface area contributed by atoms with Gasteiger partial charge in [0.2, 0.25) is 6.23 Å². The van der Waals surface area contributed by atoms with Gasteiger partial charge < -0.3 is 20.1 Å². The van der Waals surface area contributed by atoms with E-state index in [1.165, 1.54) is 51.4 Å². The van der Waals surface area contributed by atoms with E-state index in [-0.39, 0.29) is 13.2 Å². The molecule has 152 valence electrons. The zero-order chi connectivity index (χ0) is 19.0. The Morgan fingerprint density at radius 3 is 1.64 bits per heavy atom. The van der Waals surface area contributed by atoms with Gasteiger partial charge in [0.05, 0.1) is 26.9 Å². The van der Waals surface area contributed by atoms with Gasteiger partial charge in [0.15, 0.2) is 0 Å². The molecule has 0 saturated heterocycles. The second-order valence-corrected chi connectivity index (χ2v) is 7.56. The monoisotopic (exact) mass is 362 g/mol. The number of rotatable bonds is 18. The van der Waals surface area contributed by atoms with Crippen LogP contribution in [0.4, 0.5) is 0 Å². The highest BCUT2D eigenvalue weighted by Crippen LogP contribution is 2.17. The molecule has 3 N–H and O–H groups in total. The molecule has 0 aromatic carbocycles. The van der Waals surface area contributed by atoms with Crippen molar-refractivity contribution in [3.05, 3.63) is 0 Å². The van der Waals surface area contributed by atoms with Crippen LogP contribution in [-0.2, 0) is 4.74 Å². The van der Waals surface area contributed by atoms with Crippen LogP contribution in [0.15, 0.2) is 0 Å². The smallest absolute Gasteiger partial charge is 0.219 e. The molecule has 2 unspecified atom stereocenters. The number of quaternary nitrogens is 1. The summed E-state index contributed by atoms with van der Waals surface area (Å²) in [5, 5.41) is 28.6. The highest BCUT2D eigenvalue weighted by molar-refractivity contribution is 4.57. The summed E-state index contributed by atoms with van der Waals surface area (Å²) >= 11 is 0. The fourth-order valence-electron chi connectivity index (χ4n) is 3.46. The summed E-state index contributed by atoms with van der Waals surface area (Å²) in [6, 6.07) is 0. The minimum Gasteiger partial charge on any atom is -0.391 e. The van der Waals surface area contributed by atoms with Crippen molar-refractivity contribution in [1.82, 2.24) is 0 Å². The predicted octanol–water partition coefficient (Wildman–Crippen LogP) is 3.06. The van der Waals surface area contributed by atoms with Crippen LogP contribution in [0.25, 0.3) is 0 Å². The molecule has 0 aromatic rings. The maximum absolute atomic E-state index is 10.1. The maximum Gasteiger partial charge on any atom is 0.219 e. The van der Waals surface area contributed by atoms with Crippen LogP contribution in [-0.4, -0.2) is 72.1 Å². The first-order valence-electron chi connectivity index (χ1n) is 10.4. The maximum atomic E-state index is 10.1. The molecule has 0 spiro atoms. The Kier molecular flexibility index (Phi) is 15.9. The van der Waals surface area contributed by atoms with Crippen LogP contribution in [0.2, 0.25) is 0 Å². The Labute approximate surface area is 155 Å². The number of aliphatic hydroxyl groups is 3. The largest absolute Gasteiger partial charge is 0.391 e.